The molecule has 2 rings (SSSR count). The fourth-order valence-electron chi connectivity index (χ4n) is 1.92. The second kappa shape index (κ2) is 6.20. The fraction of sp³-hybridized carbons (Fsp3) is 0.286. The van der Waals surface area contributed by atoms with Crippen LogP contribution in [0.15, 0.2) is 34.8 Å². The molecule has 0 amide bonds. The quantitative estimate of drug-likeness (QED) is 0.806. The maximum absolute atomic E-state index is 5.95. The minimum atomic E-state index is 0.223. The number of nitrogens with one attached hydrogen (secondary N) is 1. The van der Waals surface area contributed by atoms with E-state index in [-0.39, 0.29) is 6.04 Å². The summed E-state index contributed by atoms with van der Waals surface area (Å²) in [5.41, 5.74) is 1.24. The van der Waals surface area contributed by atoms with Crippen LogP contribution in [0.1, 0.15) is 28.3 Å². The van der Waals surface area contributed by atoms with Crippen LogP contribution in [0.5, 0.6) is 0 Å². The molecule has 0 saturated carbocycles. The molecule has 1 unspecified atom stereocenters. The number of rotatable bonds is 4. The van der Waals surface area contributed by atoms with Crippen LogP contribution in [0.3, 0.4) is 0 Å². The third-order valence-corrected chi connectivity index (χ3v) is 5.00. The van der Waals surface area contributed by atoms with E-state index in [2.05, 4.69) is 53.3 Å². The highest BCUT2D eigenvalue weighted by atomic mass is 79.9. The first-order chi connectivity index (χ1) is 8.61. The Labute approximate surface area is 125 Å². The van der Waals surface area contributed by atoms with E-state index in [1.807, 2.05) is 23.5 Å². The molecule has 1 heterocycles. The molecule has 1 atom stereocenters. The van der Waals surface area contributed by atoms with Crippen LogP contribution in [-0.2, 0) is 0 Å². The van der Waals surface area contributed by atoms with Gasteiger partial charge in [-0.15, -0.1) is 11.3 Å². The van der Waals surface area contributed by atoms with Gasteiger partial charge in [0.05, 0.1) is 6.04 Å². The van der Waals surface area contributed by atoms with Crippen molar-refractivity contribution in [2.75, 3.05) is 6.54 Å². The number of aryl methyl sites for hydroxylation is 1. The molecular formula is C14H15BrClNS. The summed E-state index contributed by atoms with van der Waals surface area (Å²) in [5, 5.41) is 4.30. The van der Waals surface area contributed by atoms with Gasteiger partial charge in [-0.3, -0.25) is 0 Å². The lowest BCUT2D eigenvalue weighted by atomic mass is 10.1. The Kier molecular flexibility index (Phi) is 4.84. The van der Waals surface area contributed by atoms with Gasteiger partial charge in [-0.05, 0) is 53.2 Å². The molecule has 0 aliphatic heterocycles. The molecule has 0 saturated heterocycles. The largest absolute Gasteiger partial charge is 0.306 e. The van der Waals surface area contributed by atoms with Gasteiger partial charge in [0.15, 0.2) is 0 Å². The van der Waals surface area contributed by atoms with E-state index in [0.717, 1.165) is 11.6 Å². The Balaban J connectivity index is 2.39. The van der Waals surface area contributed by atoms with Crippen molar-refractivity contribution in [1.82, 2.24) is 5.32 Å². The maximum atomic E-state index is 5.95. The SMILES string of the molecule is CCNC(c1ccc(Cl)cc1)c1sc(C)cc1Br. The summed E-state index contributed by atoms with van der Waals surface area (Å²) in [4.78, 5) is 2.63. The third kappa shape index (κ3) is 3.15. The lowest BCUT2D eigenvalue weighted by Gasteiger charge is -2.17. The molecule has 96 valence electrons. The van der Waals surface area contributed by atoms with Gasteiger partial charge >= 0.3 is 0 Å². The van der Waals surface area contributed by atoms with E-state index in [4.69, 9.17) is 11.6 Å². The Bertz CT molecular complexity index is 521. The van der Waals surface area contributed by atoms with E-state index >= 15 is 0 Å². The highest BCUT2D eigenvalue weighted by Crippen LogP contribution is 2.35. The highest BCUT2D eigenvalue weighted by molar-refractivity contribution is 9.10. The predicted octanol–water partition coefficient (Wildman–Crippen LogP) is 5.17. The van der Waals surface area contributed by atoms with Crippen molar-refractivity contribution >= 4 is 38.9 Å². The summed E-state index contributed by atoms with van der Waals surface area (Å²) in [7, 11) is 0. The summed E-state index contributed by atoms with van der Waals surface area (Å²) in [6.45, 7) is 5.18. The van der Waals surface area contributed by atoms with Crippen LogP contribution in [0, 0.1) is 6.92 Å². The van der Waals surface area contributed by atoms with E-state index in [0.29, 0.717) is 0 Å². The molecule has 1 aromatic heterocycles. The zero-order chi connectivity index (χ0) is 13.1. The molecule has 0 spiro atoms. The Morgan fingerprint density at radius 3 is 2.50 bits per heavy atom. The molecule has 1 aromatic carbocycles. The van der Waals surface area contributed by atoms with Crippen LogP contribution in [0.2, 0.25) is 5.02 Å². The van der Waals surface area contributed by atoms with Crippen LogP contribution < -0.4 is 5.32 Å². The maximum Gasteiger partial charge on any atom is 0.0682 e. The van der Waals surface area contributed by atoms with Crippen molar-refractivity contribution in [1.29, 1.82) is 0 Å². The molecule has 0 fully saturated rings. The first kappa shape index (κ1) is 14.1. The topological polar surface area (TPSA) is 12.0 Å². The minimum absolute atomic E-state index is 0.223. The third-order valence-electron chi connectivity index (χ3n) is 2.71. The van der Waals surface area contributed by atoms with Crippen LogP contribution in [0.25, 0.3) is 0 Å². The Hall–Kier alpha value is -0.350. The Morgan fingerprint density at radius 2 is 2.00 bits per heavy atom. The number of thiophene rings is 1. The van der Waals surface area contributed by atoms with Gasteiger partial charge in [-0.25, -0.2) is 0 Å². The summed E-state index contributed by atoms with van der Waals surface area (Å²) in [5.74, 6) is 0. The monoisotopic (exact) mass is 343 g/mol. The van der Waals surface area contributed by atoms with Gasteiger partial charge in [-0.2, -0.15) is 0 Å². The van der Waals surface area contributed by atoms with Gasteiger partial charge < -0.3 is 5.32 Å². The average Bonchev–Trinajstić information content (AvgIpc) is 2.67. The molecule has 1 N–H and O–H groups in total. The van der Waals surface area contributed by atoms with E-state index in [1.54, 1.807) is 0 Å². The lowest BCUT2D eigenvalue weighted by molar-refractivity contribution is 0.638. The molecule has 0 aliphatic rings. The van der Waals surface area contributed by atoms with Crippen molar-refractivity contribution in [3.05, 3.63) is 55.1 Å². The molecule has 0 radical (unpaired) electrons. The molecule has 4 heteroatoms. The van der Waals surface area contributed by atoms with Crippen molar-refractivity contribution in [2.45, 2.75) is 19.9 Å². The molecule has 18 heavy (non-hydrogen) atoms. The standard InChI is InChI=1S/C14H15BrClNS/c1-3-17-13(10-4-6-11(16)7-5-10)14-12(15)8-9(2)18-14/h4-8,13,17H,3H2,1-2H3. The number of benzene rings is 1. The first-order valence-electron chi connectivity index (χ1n) is 5.86. The van der Waals surface area contributed by atoms with Gasteiger partial charge in [-0.1, -0.05) is 30.7 Å². The fourth-order valence-corrected chi connectivity index (χ4v) is 4.03. The molecule has 2 aromatic rings. The van der Waals surface area contributed by atoms with Crippen LogP contribution >= 0.6 is 38.9 Å². The average molecular weight is 345 g/mol. The number of halogens is 2. The highest BCUT2D eigenvalue weighted by Gasteiger charge is 2.18. The first-order valence-corrected chi connectivity index (χ1v) is 7.85. The molecule has 0 bridgehead atoms. The molecular weight excluding hydrogens is 330 g/mol. The Morgan fingerprint density at radius 1 is 1.33 bits per heavy atom. The zero-order valence-corrected chi connectivity index (χ0v) is 13.5. The summed E-state index contributed by atoms with van der Waals surface area (Å²) < 4.78 is 1.17. The van der Waals surface area contributed by atoms with Gasteiger partial charge in [0, 0.05) is 19.2 Å². The lowest BCUT2D eigenvalue weighted by Crippen LogP contribution is -2.21. The normalized spacial score (nSPS) is 12.7. The van der Waals surface area contributed by atoms with Gasteiger partial charge in [0.1, 0.15) is 0 Å². The second-order valence-corrected chi connectivity index (χ2v) is 6.69. The summed E-state index contributed by atoms with van der Waals surface area (Å²) in [6.07, 6.45) is 0. The number of hydrogen-bond acceptors (Lipinski definition) is 2. The van der Waals surface area contributed by atoms with Crippen LogP contribution in [-0.4, -0.2) is 6.54 Å². The van der Waals surface area contributed by atoms with Crippen molar-refractivity contribution in [3.63, 3.8) is 0 Å². The summed E-state index contributed by atoms with van der Waals surface area (Å²) in [6, 6.07) is 10.4. The minimum Gasteiger partial charge on any atom is -0.306 e. The summed E-state index contributed by atoms with van der Waals surface area (Å²) >= 11 is 11.4. The zero-order valence-electron chi connectivity index (χ0n) is 10.3. The predicted molar refractivity (Wildman–Crippen MR) is 83.7 cm³/mol. The molecule has 1 nitrogen and oxygen atoms in total. The molecule has 0 aliphatic carbocycles. The van der Waals surface area contributed by atoms with E-state index in [9.17, 15) is 0 Å². The van der Waals surface area contributed by atoms with Gasteiger partial charge in [0.25, 0.3) is 0 Å². The van der Waals surface area contributed by atoms with E-state index in [1.165, 1.54) is 19.8 Å². The smallest absolute Gasteiger partial charge is 0.0682 e. The number of hydrogen-bond donors (Lipinski definition) is 1. The van der Waals surface area contributed by atoms with Crippen molar-refractivity contribution in [2.24, 2.45) is 0 Å². The van der Waals surface area contributed by atoms with Crippen LogP contribution in [0.4, 0.5) is 0 Å². The van der Waals surface area contributed by atoms with Crippen molar-refractivity contribution < 1.29 is 0 Å². The van der Waals surface area contributed by atoms with Crippen molar-refractivity contribution in [3.8, 4) is 0 Å². The van der Waals surface area contributed by atoms with E-state index < -0.39 is 0 Å². The van der Waals surface area contributed by atoms with Gasteiger partial charge in [0.2, 0.25) is 0 Å². The second-order valence-electron chi connectivity index (χ2n) is 4.11.